The van der Waals surface area contributed by atoms with Crippen molar-refractivity contribution in [1.29, 1.82) is 0 Å². The number of halogens is 1. The average Bonchev–Trinajstić information content (AvgIpc) is 3.47. The third-order valence-corrected chi connectivity index (χ3v) is 6.82. The van der Waals surface area contributed by atoms with Crippen molar-refractivity contribution < 1.29 is 27.4 Å². The highest BCUT2D eigenvalue weighted by atomic mass is 32.2. The van der Waals surface area contributed by atoms with Gasteiger partial charge in [0.2, 0.25) is 0 Å². The molecule has 1 aliphatic heterocycles. The summed E-state index contributed by atoms with van der Waals surface area (Å²) < 4.78 is 46.2. The minimum absolute atomic E-state index is 0.0606. The van der Waals surface area contributed by atoms with Crippen molar-refractivity contribution in [2.75, 3.05) is 4.72 Å². The van der Waals surface area contributed by atoms with Gasteiger partial charge in [0, 0.05) is 11.6 Å². The zero-order chi connectivity index (χ0) is 21.7. The first-order valence-electron chi connectivity index (χ1n) is 9.64. The number of benzene rings is 2. The number of anilines is 1. The molecule has 2 aromatic rings. The fourth-order valence-electron chi connectivity index (χ4n) is 3.76. The smallest absolute Gasteiger partial charge is 0.339 e. The monoisotopic (exact) mass is 431 g/mol. The van der Waals surface area contributed by atoms with Gasteiger partial charge in [-0.15, -0.1) is 0 Å². The van der Waals surface area contributed by atoms with E-state index in [1.165, 1.54) is 12.1 Å². The van der Waals surface area contributed by atoms with E-state index >= 15 is 0 Å². The number of esters is 1. The molecule has 0 radical (unpaired) electrons. The Balaban J connectivity index is 1.68. The Hall–Kier alpha value is -2.87. The zero-order valence-corrected chi connectivity index (χ0v) is 17.4. The maximum Gasteiger partial charge on any atom is 0.339 e. The number of hydrogen-bond acceptors (Lipinski definition) is 5. The summed E-state index contributed by atoms with van der Waals surface area (Å²) in [6.07, 6.45) is 1.81. The van der Waals surface area contributed by atoms with Crippen molar-refractivity contribution in [3.8, 4) is 0 Å². The van der Waals surface area contributed by atoms with Crippen molar-refractivity contribution in [2.45, 2.75) is 43.1 Å². The predicted octanol–water partition coefficient (Wildman–Crippen LogP) is 4.27. The summed E-state index contributed by atoms with van der Waals surface area (Å²) >= 11 is 0. The molecule has 0 aromatic heterocycles. The molecular formula is C22H22FNO5S. The molecule has 1 atom stereocenters. The second-order valence-corrected chi connectivity index (χ2v) is 9.84. The Labute approximate surface area is 174 Å². The minimum Gasteiger partial charge on any atom is -0.507 e. The van der Waals surface area contributed by atoms with Crippen LogP contribution in [0.3, 0.4) is 0 Å². The van der Waals surface area contributed by atoms with E-state index in [9.17, 15) is 22.7 Å². The highest BCUT2D eigenvalue weighted by molar-refractivity contribution is 7.92. The molecule has 2 aliphatic rings. The van der Waals surface area contributed by atoms with Crippen LogP contribution in [0, 0.1) is 11.7 Å². The molecule has 0 bridgehead atoms. The third kappa shape index (κ3) is 3.79. The first-order chi connectivity index (χ1) is 14.1. The molecule has 1 heterocycles. The van der Waals surface area contributed by atoms with Gasteiger partial charge >= 0.3 is 5.97 Å². The lowest BCUT2D eigenvalue weighted by Gasteiger charge is -2.18. The molecule has 0 saturated heterocycles. The Morgan fingerprint density at radius 2 is 1.83 bits per heavy atom. The van der Waals surface area contributed by atoms with E-state index in [1.807, 2.05) is 0 Å². The van der Waals surface area contributed by atoms with Gasteiger partial charge in [-0.25, -0.2) is 17.6 Å². The zero-order valence-electron chi connectivity index (χ0n) is 16.6. The van der Waals surface area contributed by atoms with Gasteiger partial charge in [0.05, 0.1) is 10.5 Å². The predicted molar refractivity (Wildman–Crippen MR) is 109 cm³/mol. The van der Waals surface area contributed by atoms with Crippen molar-refractivity contribution in [3.63, 3.8) is 0 Å². The number of aliphatic hydroxyl groups excluding tert-OH is 1. The van der Waals surface area contributed by atoms with E-state index in [2.05, 4.69) is 4.72 Å². The second kappa shape index (κ2) is 7.12. The van der Waals surface area contributed by atoms with Crippen LogP contribution in [0.1, 0.15) is 38.2 Å². The number of sulfonamides is 1. The SMILES string of the molecule is CC1(C)OC(=O)C(C(c2cccc(NS(=O)(=O)c3ccc(F)cc3)c2)C2CC2)=C1O. The molecule has 1 unspecified atom stereocenters. The topological polar surface area (TPSA) is 92.7 Å². The van der Waals surface area contributed by atoms with Crippen LogP contribution in [0.15, 0.2) is 64.8 Å². The van der Waals surface area contributed by atoms with Gasteiger partial charge in [0.15, 0.2) is 5.60 Å². The summed E-state index contributed by atoms with van der Waals surface area (Å²) in [6, 6.07) is 11.3. The van der Waals surface area contributed by atoms with Crippen LogP contribution < -0.4 is 4.72 Å². The number of aliphatic hydroxyl groups is 1. The van der Waals surface area contributed by atoms with Gasteiger partial charge in [-0.1, -0.05) is 12.1 Å². The first-order valence-corrected chi connectivity index (χ1v) is 11.1. The van der Waals surface area contributed by atoms with E-state index in [-0.39, 0.29) is 28.1 Å². The highest BCUT2D eigenvalue weighted by Gasteiger charge is 2.48. The van der Waals surface area contributed by atoms with Gasteiger partial charge < -0.3 is 9.84 Å². The molecule has 1 saturated carbocycles. The number of hydrogen-bond donors (Lipinski definition) is 2. The molecule has 158 valence electrons. The Morgan fingerprint density at radius 1 is 1.17 bits per heavy atom. The molecular weight excluding hydrogens is 409 g/mol. The van der Waals surface area contributed by atoms with E-state index in [0.29, 0.717) is 11.3 Å². The van der Waals surface area contributed by atoms with Crippen LogP contribution in [0.2, 0.25) is 0 Å². The fraction of sp³-hybridized carbons (Fsp3) is 0.318. The molecule has 6 nitrogen and oxygen atoms in total. The number of nitrogens with one attached hydrogen (secondary N) is 1. The molecule has 8 heteroatoms. The summed E-state index contributed by atoms with van der Waals surface area (Å²) in [5.41, 5.74) is 0.184. The highest BCUT2D eigenvalue weighted by Crippen LogP contribution is 2.50. The lowest BCUT2D eigenvalue weighted by Crippen LogP contribution is -2.22. The third-order valence-electron chi connectivity index (χ3n) is 5.42. The number of ether oxygens (including phenoxy) is 1. The first kappa shape index (κ1) is 20.4. The number of carbonyl (C=O) groups excluding carboxylic acids is 1. The Morgan fingerprint density at radius 3 is 2.40 bits per heavy atom. The van der Waals surface area contributed by atoms with Gasteiger partial charge in [-0.2, -0.15) is 0 Å². The summed E-state index contributed by atoms with van der Waals surface area (Å²) in [5, 5.41) is 10.6. The number of carbonyl (C=O) groups is 1. The summed E-state index contributed by atoms with van der Waals surface area (Å²) in [5.74, 6) is -1.36. The number of rotatable bonds is 6. The van der Waals surface area contributed by atoms with E-state index in [4.69, 9.17) is 4.74 Å². The normalized spacial score (nSPS) is 19.5. The maximum absolute atomic E-state index is 13.1. The fourth-order valence-corrected chi connectivity index (χ4v) is 4.81. The van der Waals surface area contributed by atoms with Crippen LogP contribution in [-0.2, 0) is 19.6 Å². The molecule has 2 N–H and O–H groups in total. The van der Waals surface area contributed by atoms with Crippen LogP contribution >= 0.6 is 0 Å². The molecule has 0 spiro atoms. The quantitative estimate of drug-likeness (QED) is 0.667. The Kier molecular flexibility index (Phi) is 4.85. The molecule has 0 amide bonds. The van der Waals surface area contributed by atoms with E-state index < -0.39 is 27.4 Å². The lowest BCUT2D eigenvalue weighted by atomic mass is 9.85. The minimum atomic E-state index is -3.91. The van der Waals surface area contributed by atoms with Gasteiger partial charge in [-0.05, 0) is 74.6 Å². The molecule has 1 fully saturated rings. The molecule has 30 heavy (non-hydrogen) atoms. The van der Waals surface area contributed by atoms with Gasteiger partial charge in [0.25, 0.3) is 10.0 Å². The van der Waals surface area contributed by atoms with Gasteiger partial charge in [0.1, 0.15) is 11.6 Å². The van der Waals surface area contributed by atoms with Gasteiger partial charge in [-0.3, -0.25) is 4.72 Å². The van der Waals surface area contributed by atoms with Crippen molar-refractivity contribution in [3.05, 3.63) is 71.2 Å². The summed E-state index contributed by atoms with van der Waals surface area (Å²) in [6.45, 7) is 3.26. The standard InChI is InChI=1S/C22H22FNO5S/c1-22(2)20(25)19(21(26)29-22)18(13-6-7-13)14-4-3-5-16(12-14)24-30(27,28)17-10-8-15(23)9-11-17/h3-5,8-13,18,24-25H,6-7H2,1-2H3. The maximum atomic E-state index is 13.1. The second-order valence-electron chi connectivity index (χ2n) is 8.16. The molecule has 1 aliphatic carbocycles. The van der Waals surface area contributed by atoms with Crippen LogP contribution in [-0.4, -0.2) is 25.1 Å². The van der Waals surface area contributed by atoms with Crippen LogP contribution in [0.4, 0.5) is 10.1 Å². The summed E-state index contributed by atoms with van der Waals surface area (Å²) in [4.78, 5) is 12.4. The van der Waals surface area contributed by atoms with Crippen molar-refractivity contribution >= 4 is 21.7 Å². The summed E-state index contributed by atoms with van der Waals surface area (Å²) in [7, 11) is -3.91. The number of cyclic esters (lactones) is 1. The van der Waals surface area contributed by atoms with Crippen LogP contribution in [0.25, 0.3) is 0 Å². The van der Waals surface area contributed by atoms with E-state index in [1.54, 1.807) is 38.1 Å². The lowest BCUT2D eigenvalue weighted by molar-refractivity contribution is -0.145. The molecule has 2 aromatic carbocycles. The van der Waals surface area contributed by atoms with Crippen LogP contribution in [0.5, 0.6) is 0 Å². The van der Waals surface area contributed by atoms with Crippen molar-refractivity contribution in [1.82, 2.24) is 0 Å². The van der Waals surface area contributed by atoms with E-state index in [0.717, 1.165) is 25.0 Å². The Bertz CT molecular complexity index is 1130. The van der Waals surface area contributed by atoms with Crippen molar-refractivity contribution in [2.24, 2.45) is 5.92 Å². The molecule has 4 rings (SSSR count). The average molecular weight is 431 g/mol. The largest absolute Gasteiger partial charge is 0.507 e.